The molecule has 0 aliphatic heterocycles. The van der Waals surface area contributed by atoms with E-state index in [0.29, 0.717) is 0 Å². The zero-order valence-electron chi connectivity index (χ0n) is 21.2. The van der Waals surface area contributed by atoms with Crippen LogP contribution in [0.1, 0.15) is 40.2 Å². The number of carboxylic acid groups (broad SMARTS) is 1. The Kier molecular flexibility index (Phi) is 9.58. The van der Waals surface area contributed by atoms with Crippen LogP contribution in [0.3, 0.4) is 0 Å². The second kappa shape index (κ2) is 11.8. The molecular weight excluding hydrogens is 486 g/mol. The van der Waals surface area contributed by atoms with Gasteiger partial charge in [-0.2, -0.15) is 4.31 Å². The van der Waals surface area contributed by atoms with Crippen LogP contribution < -0.4 is 5.32 Å². The first-order chi connectivity index (χ1) is 16.6. The first-order valence-electron chi connectivity index (χ1n) is 11.6. The van der Waals surface area contributed by atoms with Crippen molar-refractivity contribution in [3.63, 3.8) is 0 Å². The van der Waals surface area contributed by atoms with E-state index in [2.05, 4.69) is 5.32 Å². The SMILES string of the molecule is CC(C)CN(C([C@H](O)[C@H](Cc1ccccc1)NC(=O)O)C(C)(C)C)S(=O)(=O)c1ccc([N+](=O)[O-])cc1. The number of rotatable bonds is 11. The third-order valence-corrected chi connectivity index (χ3v) is 7.60. The summed E-state index contributed by atoms with van der Waals surface area (Å²) in [5.74, 6) is -0.130. The van der Waals surface area contributed by atoms with Crippen LogP contribution in [0.4, 0.5) is 10.5 Å². The van der Waals surface area contributed by atoms with Gasteiger partial charge in [0.15, 0.2) is 0 Å². The fraction of sp³-hybridized carbons (Fsp3) is 0.480. The van der Waals surface area contributed by atoms with E-state index in [1.165, 1.54) is 16.4 Å². The molecule has 1 unspecified atom stereocenters. The fourth-order valence-electron chi connectivity index (χ4n) is 4.21. The number of hydrogen-bond acceptors (Lipinski definition) is 6. The lowest BCUT2D eigenvalue weighted by Gasteiger charge is -2.44. The summed E-state index contributed by atoms with van der Waals surface area (Å²) in [7, 11) is -4.23. The zero-order chi connectivity index (χ0) is 27.3. The number of sulfonamides is 1. The number of non-ortho nitro benzene ring substituents is 1. The summed E-state index contributed by atoms with van der Waals surface area (Å²) in [4.78, 5) is 21.9. The van der Waals surface area contributed by atoms with Crippen LogP contribution in [0.5, 0.6) is 0 Å². The number of aliphatic hydroxyl groups excluding tert-OH is 1. The first-order valence-corrected chi connectivity index (χ1v) is 13.1. The van der Waals surface area contributed by atoms with Gasteiger partial charge in [0.2, 0.25) is 10.0 Å². The Morgan fingerprint density at radius 1 is 1.08 bits per heavy atom. The van der Waals surface area contributed by atoms with Gasteiger partial charge < -0.3 is 15.5 Å². The van der Waals surface area contributed by atoms with Crippen molar-refractivity contribution in [2.45, 2.75) is 64.1 Å². The molecule has 3 atom stereocenters. The molecule has 2 aromatic rings. The molecule has 0 spiro atoms. The lowest BCUT2D eigenvalue weighted by molar-refractivity contribution is -0.384. The molecule has 0 bridgehead atoms. The number of nitrogens with one attached hydrogen (secondary N) is 1. The quantitative estimate of drug-likeness (QED) is 0.300. The third kappa shape index (κ3) is 7.49. The molecule has 0 saturated carbocycles. The van der Waals surface area contributed by atoms with Crippen molar-refractivity contribution in [2.24, 2.45) is 11.3 Å². The van der Waals surface area contributed by atoms with E-state index in [0.717, 1.165) is 17.7 Å². The lowest BCUT2D eigenvalue weighted by atomic mass is 9.79. The standard InChI is InChI=1S/C25H35N3O7S/c1-17(2)16-27(36(34,35)20-13-11-19(12-14-20)28(32)33)23(25(3,4)5)22(29)21(26-24(30)31)15-18-9-7-6-8-10-18/h6-14,17,21-23,26,29H,15-16H2,1-5H3,(H,30,31)/t21-,22+,23?/m0/s1. The van der Waals surface area contributed by atoms with Gasteiger partial charge in [-0.05, 0) is 35.4 Å². The highest BCUT2D eigenvalue weighted by atomic mass is 32.2. The fourth-order valence-corrected chi connectivity index (χ4v) is 6.20. The first kappa shape index (κ1) is 29.2. The average molecular weight is 522 g/mol. The summed E-state index contributed by atoms with van der Waals surface area (Å²) in [5.41, 5.74) is -0.279. The van der Waals surface area contributed by atoms with Gasteiger partial charge in [0, 0.05) is 18.7 Å². The summed E-state index contributed by atoms with van der Waals surface area (Å²) in [6.07, 6.45) is -2.60. The smallest absolute Gasteiger partial charge is 0.404 e. The monoisotopic (exact) mass is 521 g/mol. The second-order valence-electron chi connectivity index (χ2n) is 10.3. The molecule has 0 saturated heterocycles. The summed E-state index contributed by atoms with van der Waals surface area (Å²) >= 11 is 0. The minimum Gasteiger partial charge on any atom is -0.465 e. The predicted octanol–water partition coefficient (Wildman–Crippen LogP) is 3.90. The highest BCUT2D eigenvalue weighted by molar-refractivity contribution is 7.89. The number of amides is 1. The molecular formula is C25H35N3O7S. The molecule has 0 aromatic heterocycles. The van der Waals surface area contributed by atoms with Crippen LogP contribution in [0.25, 0.3) is 0 Å². The Morgan fingerprint density at radius 2 is 1.64 bits per heavy atom. The van der Waals surface area contributed by atoms with Gasteiger partial charge >= 0.3 is 6.09 Å². The Morgan fingerprint density at radius 3 is 2.08 bits per heavy atom. The van der Waals surface area contributed by atoms with Crippen molar-refractivity contribution in [1.29, 1.82) is 0 Å². The number of aliphatic hydroxyl groups is 1. The largest absolute Gasteiger partial charge is 0.465 e. The highest BCUT2D eigenvalue weighted by Gasteiger charge is 2.45. The topological polar surface area (TPSA) is 150 Å². The Balaban J connectivity index is 2.60. The molecule has 198 valence electrons. The van der Waals surface area contributed by atoms with E-state index in [4.69, 9.17) is 0 Å². The minimum atomic E-state index is -4.23. The Hall–Kier alpha value is -3.02. The van der Waals surface area contributed by atoms with E-state index in [-0.39, 0.29) is 29.5 Å². The van der Waals surface area contributed by atoms with Gasteiger partial charge in [-0.1, -0.05) is 65.0 Å². The third-order valence-electron chi connectivity index (χ3n) is 5.74. The maximum absolute atomic E-state index is 13.9. The number of nitrogens with zero attached hydrogens (tertiary/aromatic N) is 2. The maximum atomic E-state index is 13.9. The van der Waals surface area contributed by atoms with Gasteiger partial charge in [0.25, 0.3) is 5.69 Å². The maximum Gasteiger partial charge on any atom is 0.404 e. The van der Waals surface area contributed by atoms with Crippen LogP contribution in [-0.4, -0.2) is 58.7 Å². The molecule has 11 heteroatoms. The second-order valence-corrected chi connectivity index (χ2v) is 12.2. The Labute approximate surface area is 212 Å². The van der Waals surface area contributed by atoms with E-state index in [1.54, 1.807) is 45.0 Å². The molecule has 2 rings (SSSR count). The average Bonchev–Trinajstić information content (AvgIpc) is 2.77. The molecule has 36 heavy (non-hydrogen) atoms. The number of nitro groups is 1. The van der Waals surface area contributed by atoms with Gasteiger partial charge in [-0.25, -0.2) is 13.2 Å². The highest BCUT2D eigenvalue weighted by Crippen LogP contribution is 2.34. The van der Waals surface area contributed by atoms with Crippen molar-refractivity contribution in [3.05, 3.63) is 70.3 Å². The van der Waals surface area contributed by atoms with E-state index >= 15 is 0 Å². The van der Waals surface area contributed by atoms with Crippen molar-refractivity contribution in [3.8, 4) is 0 Å². The van der Waals surface area contributed by atoms with Crippen molar-refractivity contribution >= 4 is 21.8 Å². The summed E-state index contributed by atoms with van der Waals surface area (Å²) in [6, 6.07) is 11.6. The van der Waals surface area contributed by atoms with Gasteiger partial charge in [-0.15, -0.1) is 0 Å². The number of carbonyl (C=O) groups is 1. The summed E-state index contributed by atoms with van der Waals surface area (Å²) in [5, 5.41) is 34.5. The van der Waals surface area contributed by atoms with Crippen LogP contribution in [0.15, 0.2) is 59.5 Å². The van der Waals surface area contributed by atoms with Gasteiger partial charge in [-0.3, -0.25) is 10.1 Å². The molecule has 10 nitrogen and oxygen atoms in total. The van der Waals surface area contributed by atoms with E-state index in [9.17, 15) is 33.5 Å². The van der Waals surface area contributed by atoms with Crippen LogP contribution in [0, 0.1) is 21.4 Å². The van der Waals surface area contributed by atoms with E-state index in [1.807, 2.05) is 19.9 Å². The molecule has 3 N–H and O–H groups in total. The van der Waals surface area contributed by atoms with Crippen LogP contribution in [-0.2, 0) is 16.4 Å². The number of benzene rings is 2. The molecule has 0 aliphatic carbocycles. The Bertz CT molecular complexity index is 1130. The van der Waals surface area contributed by atoms with E-state index < -0.39 is 44.6 Å². The number of nitro benzene ring substituents is 1. The van der Waals surface area contributed by atoms with Crippen LogP contribution in [0.2, 0.25) is 0 Å². The molecule has 0 aliphatic rings. The number of hydrogen-bond donors (Lipinski definition) is 3. The molecule has 0 fully saturated rings. The van der Waals surface area contributed by atoms with Crippen molar-refractivity contribution in [1.82, 2.24) is 9.62 Å². The van der Waals surface area contributed by atoms with Crippen molar-refractivity contribution in [2.75, 3.05) is 6.54 Å². The molecule has 0 radical (unpaired) electrons. The summed E-state index contributed by atoms with van der Waals surface area (Å²) < 4.78 is 28.9. The molecule has 0 heterocycles. The predicted molar refractivity (Wildman–Crippen MR) is 136 cm³/mol. The van der Waals surface area contributed by atoms with Crippen molar-refractivity contribution < 1.29 is 28.3 Å². The molecule has 2 aromatic carbocycles. The zero-order valence-corrected chi connectivity index (χ0v) is 22.0. The van der Waals surface area contributed by atoms with Crippen LogP contribution >= 0.6 is 0 Å². The van der Waals surface area contributed by atoms with Gasteiger partial charge in [0.05, 0.1) is 28.0 Å². The normalized spacial score (nSPS) is 14.9. The minimum absolute atomic E-state index is 0.0451. The summed E-state index contributed by atoms with van der Waals surface area (Å²) in [6.45, 7) is 9.05. The lowest BCUT2D eigenvalue weighted by Crippen LogP contribution is -2.61. The van der Waals surface area contributed by atoms with Gasteiger partial charge in [0.1, 0.15) is 0 Å². The molecule has 1 amide bonds.